The SMILES string of the molecule is Cc1ccc(Br)c(C(=O)NC(C)CCCCl)c1. The van der Waals surface area contributed by atoms with Crippen LogP contribution >= 0.6 is 27.5 Å². The summed E-state index contributed by atoms with van der Waals surface area (Å²) in [5.74, 6) is 0.594. The maximum atomic E-state index is 12.0. The molecule has 0 fully saturated rings. The summed E-state index contributed by atoms with van der Waals surface area (Å²) in [5.41, 5.74) is 1.76. The third-order valence-corrected chi connectivity index (χ3v) is 3.47. The number of aryl methyl sites for hydroxylation is 1. The highest BCUT2D eigenvalue weighted by atomic mass is 79.9. The fourth-order valence-corrected chi connectivity index (χ4v) is 2.15. The first-order valence-electron chi connectivity index (χ1n) is 5.67. The van der Waals surface area contributed by atoms with E-state index in [4.69, 9.17) is 11.6 Å². The van der Waals surface area contributed by atoms with Crippen LogP contribution in [0.4, 0.5) is 0 Å². The van der Waals surface area contributed by atoms with Crippen LogP contribution in [0.15, 0.2) is 22.7 Å². The number of benzene rings is 1. The van der Waals surface area contributed by atoms with Crippen LogP contribution < -0.4 is 5.32 Å². The van der Waals surface area contributed by atoms with E-state index in [9.17, 15) is 4.79 Å². The van der Waals surface area contributed by atoms with Gasteiger partial charge in [-0.3, -0.25) is 4.79 Å². The first-order valence-corrected chi connectivity index (χ1v) is 7.00. The second-order valence-corrected chi connectivity index (χ2v) is 5.42. The summed E-state index contributed by atoms with van der Waals surface area (Å²) in [4.78, 5) is 12.0. The zero-order valence-electron chi connectivity index (χ0n) is 10.1. The average molecular weight is 319 g/mol. The average Bonchev–Trinajstić information content (AvgIpc) is 2.29. The highest BCUT2D eigenvalue weighted by Crippen LogP contribution is 2.18. The van der Waals surface area contributed by atoms with Crippen molar-refractivity contribution in [2.24, 2.45) is 0 Å². The predicted octanol–water partition coefficient (Wildman–Crippen LogP) is 3.89. The lowest BCUT2D eigenvalue weighted by Gasteiger charge is -2.14. The minimum atomic E-state index is -0.0392. The molecular formula is C13H17BrClNO. The molecule has 0 aliphatic heterocycles. The number of hydrogen-bond donors (Lipinski definition) is 1. The summed E-state index contributed by atoms with van der Waals surface area (Å²) in [7, 11) is 0. The van der Waals surface area contributed by atoms with Gasteiger partial charge in [-0.2, -0.15) is 0 Å². The molecule has 0 bridgehead atoms. The van der Waals surface area contributed by atoms with Gasteiger partial charge >= 0.3 is 0 Å². The molecule has 0 aromatic heterocycles. The van der Waals surface area contributed by atoms with Crippen LogP contribution in [0.5, 0.6) is 0 Å². The number of nitrogens with one attached hydrogen (secondary N) is 1. The van der Waals surface area contributed by atoms with Crippen LogP contribution in [-0.2, 0) is 0 Å². The lowest BCUT2D eigenvalue weighted by atomic mass is 10.1. The van der Waals surface area contributed by atoms with Crippen molar-refractivity contribution in [3.8, 4) is 0 Å². The third kappa shape index (κ3) is 4.68. The molecule has 1 amide bonds. The van der Waals surface area contributed by atoms with Crippen molar-refractivity contribution in [1.82, 2.24) is 5.32 Å². The fraction of sp³-hybridized carbons (Fsp3) is 0.462. The van der Waals surface area contributed by atoms with Crippen molar-refractivity contribution < 1.29 is 4.79 Å². The molecule has 0 heterocycles. The molecule has 0 spiro atoms. The van der Waals surface area contributed by atoms with E-state index in [0.717, 1.165) is 22.9 Å². The van der Waals surface area contributed by atoms with Gasteiger partial charge in [0.1, 0.15) is 0 Å². The number of hydrogen-bond acceptors (Lipinski definition) is 1. The van der Waals surface area contributed by atoms with E-state index in [1.54, 1.807) is 0 Å². The molecule has 0 saturated heterocycles. The number of carbonyl (C=O) groups is 1. The molecule has 1 N–H and O–H groups in total. The van der Waals surface area contributed by atoms with Gasteiger partial charge in [0.05, 0.1) is 5.56 Å². The number of rotatable bonds is 5. The second kappa shape index (κ2) is 7.02. The number of halogens is 2. The van der Waals surface area contributed by atoms with E-state index in [1.165, 1.54) is 0 Å². The molecule has 1 atom stereocenters. The van der Waals surface area contributed by atoms with E-state index in [2.05, 4.69) is 21.2 Å². The van der Waals surface area contributed by atoms with Crippen LogP contribution in [0.25, 0.3) is 0 Å². The smallest absolute Gasteiger partial charge is 0.252 e. The van der Waals surface area contributed by atoms with E-state index < -0.39 is 0 Å². The highest BCUT2D eigenvalue weighted by Gasteiger charge is 2.12. The Labute approximate surface area is 116 Å². The molecule has 94 valence electrons. The normalized spacial score (nSPS) is 12.2. The maximum Gasteiger partial charge on any atom is 0.252 e. The maximum absolute atomic E-state index is 12.0. The summed E-state index contributed by atoms with van der Waals surface area (Å²) < 4.78 is 0.824. The minimum absolute atomic E-state index is 0.0392. The Kier molecular flexibility index (Phi) is 6.00. The first kappa shape index (κ1) is 14.5. The largest absolute Gasteiger partial charge is 0.350 e. The molecule has 1 aromatic rings. The Bertz CT molecular complexity index is 395. The molecule has 0 radical (unpaired) electrons. The van der Waals surface area contributed by atoms with Crippen molar-refractivity contribution >= 4 is 33.4 Å². The van der Waals surface area contributed by atoms with Crippen LogP contribution in [0.1, 0.15) is 35.7 Å². The van der Waals surface area contributed by atoms with E-state index in [0.29, 0.717) is 11.4 Å². The highest BCUT2D eigenvalue weighted by molar-refractivity contribution is 9.10. The topological polar surface area (TPSA) is 29.1 Å². The number of amides is 1. The Balaban J connectivity index is 2.66. The molecule has 0 saturated carbocycles. The molecular weight excluding hydrogens is 302 g/mol. The Hall–Kier alpha value is -0.540. The lowest BCUT2D eigenvalue weighted by Crippen LogP contribution is -2.32. The molecule has 4 heteroatoms. The Morgan fingerprint density at radius 3 is 2.88 bits per heavy atom. The summed E-state index contributed by atoms with van der Waals surface area (Å²) in [6.45, 7) is 3.97. The zero-order valence-corrected chi connectivity index (χ0v) is 12.4. The summed E-state index contributed by atoms with van der Waals surface area (Å²) in [6, 6.07) is 5.90. The Morgan fingerprint density at radius 1 is 1.53 bits per heavy atom. The monoisotopic (exact) mass is 317 g/mol. The molecule has 0 aliphatic rings. The van der Waals surface area contributed by atoms with Gasteiger partial charge in [-0.25, -0.2) is 0 Å². The van der Waals surface area contributed by atoms with Gasteiger partial charge < -0.3 is 5.32 Å². The van der Waals surface area contributed by atoms with Crippen molar-refractivity contribution in [2.45, 2.75) is 32.7 Å². The third-order valence-electron chi connectivity index (χ3n) is 2.51. The van der Waals surface area contributed by atoms with Crippen LogP contribution in [0.2, 0.25) is 0 Å². The minimum Gasteiger partial charge on any atom is -0.350 e. The molecule has 1 unspecified atom stereocenters. The number of alkyl halides is 1. The van der Waals surface area contributed by atoms with Crippen molar-refractivity contribution in [3.05, 3.63) is 33.8 Å². The van der Waals surface area contributed by atoms with Crippen molar-refractivity contribution in [1.29, 1.82) is 0 Å². The molecule has 0 aliphatic carbocycles. The van der Waals surface area contributed by atoms with Crippen molar-refractivity contribution in [3.63, 3.8) is 0 Å². The van der Waals surface area contributed by atoms with Gasteiger partial charge in [0.15, 0.2) is 0 Å². The standard InChI is InChI=1S/C13H17BrClNO/c1-9-5-6-12(14)11(8-9)13(17)16-10(2)4-3-7-15/h5-6,8,10H,3-4,7H2,1-2H3,(H,16,17). The van der Waals surface area contributed by atoms with E-state index in [-0.39, 0.29) is 11.9 Å². The predicted molar refractivity (Wildman–Crippen MR) is 75.8 cm³/mol. The van der Waals surface area contributed by atoms with E-state index >= 15 is 0 Å². The van der Waals surface area contributed by atoms with Gasteiger partial charge in [-0.05, 0) is 54.8 Å². The summed E-state index contributed by atoms with van der Waals surface area (Å²) in [6.07, 6.45) is 1.82. The quantitative estimate of drug-likeness (QED) is 0.820. The van der Waals surface area contributed by atoms with Crippen LogP contribution in [-0.4, -0.2) is 17.8 Å². The zero-order chi connectivity index (χ0) is 12.8. The summed E-state index contributed by atoms with van der Waals surface area (Å²) >= 11 is 9.02. The van der Waals surface area contributed by atoms with Gasteiger partial charge in [0.25, 0.3) is 5.91 Å². The molecule has 1 aromatic carbocycles. The molecule has 2 nitrogen and oxygen atoms in total. The molecule has 1 rings (SSSR count). The summed E-state index contributed by atoms with van der Waals surface area (Å²) in [5, 5.41) is 2.97. The fourth-order valence-electron chi connectivity index (χ4n) is 1.57. The van der Waals surface area contributed by atoms with Gasteiger partial charge in [0.2, 0.25) is 0 Å². The number of carbonyl (C=O) groups excluding carboxylic acids is 1. The molecule has 17 heavy (non-hydrogen) atoms. The van der Waals surface area contributed by atoms with Gasteiger partial charge in [-0.15, -0.1) is 11.6 Å². The van der Waals surface area contributed by atoms with E-state index in [1.807, 2.05) is 32.0 Å². The van der Waals surface area contributed by atoms with Gasteiger partial charge in [0, 0.05) is 16.4 Å². The Morgan fingerprint density at radius 2 is 2.24 bits per heavy atom. The van der Waals surface area contributed by atoms with Crippen molar-refractivity contribution in [2.75, 3.05) is 5.88 Å². The van der Waals surface area contributed by atoms with Gasteiger partial charge in [-0.1, -0.05) is 11.6 Å². The van der Waals surface area contributed by atoms with Crippen LogP contribution in [0, 0.1) is 6.92 Å². The second-order valence-electron chi connectivity index (χ2n) is 4.19. The first-order chi connectivity index (χ1) is 8.04. The lowest BCUT2D eigenvalue weighted by molar-refractivity contribution is 0.0937. The van der Waals surface area contributed by atoms with Crippen LogP contribution in [0.3, 0.4) is 0 Å².